The molecular formula is C29H28F3N5O. The van der Waals surface area contributed by atoms with Crippen LogP contribution in [0.1, 0.15) is 27.0 Å². The van der Waals surface area contributed by atoms with Crippen LogP contribution in [0.2, 0.25) is 0 Å². The Bertz CT molecular complexity index is 1480. The fourth-order valence-corrected chi connectivity index (χ4v) is 4.72. The Kier molecular flexibility index (Phi) is 7.14. The number of nitrogens with one attached hydrogen (secondary N) is 1. The quantitative estimate of drug-likeness (QED) is 0.371. The number of hydrogen-bond acceptors (Lipinski definition) is 5. The monoisotopic (exact) mass is 519 g/mol. The van der Waals surface area contributed by atoms with Crippen LogP contribution in [0.15, 0.2) is 67.1 Å². The molecule has 0 aliphatic carbocycles. The van der Waals surface area contributed by atoms with Crippen molar-refractivity contribution in [1.29, 1.82) is 0 Å². The van der Waals surface area contributed by atoms with Crippen molar-refractivity contribution < 1.29 is 18.0 Å². The van der Waals surface area contributed by atoms with Gasteiger partial charge in [0.1, 0.15) is 6.33 Å². The zero-order chi connectivity index (χ0) is 26.9. The highest BCUT2D eigenvalue weighted by molar-refractivity contribution is 6.05. The van der Waals surface area contributed by atoms with Crippen LogP contribution < -0.4 is 5.32 Å². The summed E-state index contributed by atoms with van der Waals surface area (Å²) >= 11 is 0. The maximum Gasteiger partial charge on any atom is 0.416 e. The third kappa shape index (κ3) is 5.69. The first-order chi connectivity index (χ1) is 18.2. The molecule has 1 aromatic heterocycles. The molecule has 2 heterocycles. The molecule has 0 radical (unpaired) electrons. The number of hydrogen-bond donors (Lipinski definition) is 1. The lowest BCUT2D eigenvalue weighted by atomic mass is 9.97. The molecule has 1 saturated heterocycles. The van der Waals surface area contributed by atoms with Gasteiger partial charge in [-0.05, 0) is 66.6 Å². The van der Waals surface area contributed by atoms with E-state index >= 15 is 0 Å². The maximum absolute atomic E-state index is 14.0. The van der Waals surface area contributed by atoms with E-state index in [2.05, 4.69) is 20.2 Å². The maximum atomic E-state index is 14.0. The summed E-state index contributed by atoms with van der Waals surface area (Å²) < 4.78 is 41.9. The van der Waals surface area contributed by atoms with Gasteiger partial charge in [-0.25, -0.2) is 9.97 Å². The van der Waals surface area contributed by atoms with Gasteiger partial charge in [0.15, 0.2) is 0 Å². The number of carbonyl (C=O) groups excluding carboxylic acids is 1. The van der Waals surface area contributed by atoms with Gasteiger partial charge in [0.2, 0.25) is 0 Å². The fraction of sp³-hybridized carbons (Fsp3) is 0.276. The van der Waals surface area contributed by atoms with Crippen molar-refractivity contribution in [3.8, 4) is 11.1 Å². The van der Waals surface area contributed by atoms with Crippen LogP contribution in [0.4, 0.5) is 18.9 Å². The van der Waals surface area contributed by atoms with E-state index in [4.69, 9.17) is 0 Å². The molecule has 1 N–H and O–H groups in total. The smallest absolute Gasteiger partial charge is 0.322 e. The molecule has 0 atom stereocenters. The molecule has 1 aliphatic heterocycles. The molecule has 5 rings (SSSR count). The number of halogens is 3. The number of amides is 1. The van der Waals surface area contributed by atoms with Gasteiger partial charge in [0.05, 0.1) is 11.1 Å². The fourth-order valence-electron chi connectivity index (χ4n) is 4.72. The number of rotatable bonds is 5. The molecule has 9 heteroatoms. The van der Waals surface area contributed by atoms with Gasteiger partial charge < -0.3 is 10.2 Å². The summed E-state index contributed by atoms with van der Waals surface area (Å²) in [6, 6.07) is 15.1. The molecule has 1 fully saturated rings. The second-order valence-electron chi connectivity index (χ2n) is 9.73. The Morgan fingerprint density at radius 1 is 1.00 bits per heavy atom. The van der Waals surface area contributed by atoms with Crippen LogP contribution >= 0.6 is 0 Å². The Morgan fingerprint density at radius 2 is 1.79 bits per heavy atom. The number of carbonyl (C=O) groups is 1. The molecule has 6 nitrogen and oxygen atoms in total. The van der Waals surface area contributed by atoms with Gasteiger partial charge in [0, 0.05) is 55.6 Å². The summed E-state index contributed by atoms with van der Waals surface area (Å²) in [6.07, 6.45) is -1.32. The molecule has 0 unspecified atom stereocenters. The third-order valence-electron chi connectivity index (χ3n) is 6.98. The van der Waals surface area contributed by atoms with Gasteiger partial charge in [-0.2, -0.15) is 13.2 Å². The van der Waals surface area contributed by atoms with Crippen LogP contribution in [-0.4, -0.2) is 58.9 Å². The van der Waals surface area contributed by atoms with E-state index in [1.54, 1.807) is 18.3 Å². The molecule has 0 saturated carbocycles. The highest BCUT2D eigenvalue weighted by Crippen LogP contribution is 2.35. The average molecular weight is 520 g/mol. The summed E-state index contributed by atoms with van der Waals surface area (Å²) in [4.78, 5) is 25.6. The van der Waals surface area contributed by atoms with Crippen molar-refractivity contribution in [2.24, 2.45) is 0 Å². The number of likely N-dealkylation sites (N-methyl/N-ethyl adjacent to an activating group) is 1. The largest absolute Gasteiger partial charge is 0.416 e. The predicted molar refractivity (Wildman–Crippen MR) is 142 cm³/mol. The van der Waals surface area contributed by atoms with Gasteiger partial charge in [-0.3, -0.25) is 9.69 Å². The van der Waals surface area contributed by atoms with E-state index < -0.39 is 17.6 Å². The van der Waals surface area contributed by atoms with Crippen molar-refractivity contribution in [3.05, 3.63) is 89.4 Å². The van der Waals surface area contributed by atoms with Crippen molar-refractivity contribution in [1.82, 2.24) is 19.8 Å². The second kappa shape index (κ2) is 10.5. The Labute approximate surface area is 219 Å². The molecule has 1 aliphatic rings. The van der Waals surface area contributed by atoms with E-state index in [0.29, 0.717) is 18.7 Å². The highest BCUT2D eigenvalue weighted by atomic mass is 19.4. The van der Waals surface area contributed by atoms with Crippen LogP contribution in [0.3, 0.4) is 0 Å². The number of nitrogens with zero attached hydrogens (tertiary/aromatic N) is 4. The lowest BCUT2D eigenvalue weighted by Gasteiger charge is -2.33. The number of benzene rings is 3. The standard InChI is InChI=1S/C29H28F3N5O/c1-19-3-4-21(13-25(19)20-5-6-22-16-33-18-34-27(22)14-20)28(38)35-24-8-7-23(26(15-24)29(30,31)32)17-37-11-9-36(2)10-12-37/h3-8,13-16,18H,9-12,17H2,1-2H3,(H,35,38). The Morgan fingerprint density at radius 3 is 2.55 bits per heavy atom. The highest BCUT2D eigenvalue weighted by Gasteiger charge is 2.34. The molecule has 0 bridgehead atoms. The average Bonchev–Trinajstić information content (AvgIpc) is 2.90. The minimum Gasteiger partial charge on any atom is -0.322 e. The van der Waals surface area contributed by atoms with Crippen molar-refractivity contribution in [3.63, 3.8) is 0 Å². The lowest BCUT2D eigenvalue weighted by molar-refractivity contribution is -0.138. The van der Waals surface area contributed by atoms with Gasteiger partial charge in [-0.1, -0.05) is 24.3 Å². The van der Waals surface area contributed by atoms with Crippen LogP contribution in [0.5, 0.6) is 0 Å². The third-order valence-corrected chi connectivity index (χ3v) is 6.98. The lowest BCUT2D eigenvalue weighted by Crippen LogP contribution is -2.44. The van der Waals surface area contributed by atoms with Crippen molar-refractivity contribution in [2.45, 2.75) is 19.6 Å². The first-order valence-electron chi connectivity index (χ1n) is 12.4. The number of piperazine rings is 1. The Balaban J connectivity index is 1.38. The zero-order valence-corrected chi connectivity index (χ0v) is 21.2. The predicted octanol–water partition coefficient (Wildman–Crippen LogP) is 5.62. The van der Waals surface area contributed by atoms with E-state index in [0.717, 1.165) is 46.7 Å². The molecule has 3 aromatic carbocycles. The molecular weight excluding hydrogens is 491 g/mol. The topological polar surface area (TPSA) is 61.4 Å². The van der Waals surface area contributed by atoms with E-state index in [1.165, 1.54) is 18.5 Å². The summed E-state index contributed by atoms with van der Waals surface area (Å²) in [5, 5.41) is 3.56. The van der Waals surface area contributed by atoms with Gasteiger partial charge in [0.25, 0.3) is 5.91 Å². The normalized spacial score (nSPS) is 15.1. The summed E-state index contributed by atoms with van der Waals surface area (Å²) in [6.45, 7) is 5.23. The molecule has 0 spiro atoms. The summed E-state index contributed by atoms with van der Waals surface area (Å²) in [5.74, 6) is -0.477. The minimum atomic E-state index is -4.53. The van der Waals surface area contributed by atoms with Crippen LogP contribution in [-0.2, 0) is 12.7 Å². The van der Waals surface area contributed by atoms with Crippen molar-refractivity contribution in [2.75, 3.05) is 38.5 Å². The second-order valence-corrected chi connectivity index (χ2v) is 9.73. The summed E-state index contributed by atoms with van der Waals surface area (Å²) in [5.41, 5.74) is 3.41. The number of aromatic nitrogens is 2. The number of anilines is 1. The Hall–Kier alpha value is -3.82. The minimum absolute atomic E-state index is 0.106. The van der Waals surface area contributed by atoms with E-state index in [-0.39, 0.29) is 17.8 Å². The number of aryl methyl sites for hydroxylation is 1. The SMILES string of the molecule is Cc1ccc(C(=O)Nc2ccc(CN3CCN(C)CC3)c(C(F)(F)F)c2)cc1-c1ccc2cncnc2c1. The first kappa shape index (κ1) is 25.8. The van der Waals surface area contributed by atoms with Gasteiger partial charge >= 0.3 is 6.18 Å². The molecule has 4 aromatic rings. The van der Waals surface area contributed by atoms with Crippen LogP contribution in [0, 0.1) is 6.92 Å². The number of alkyl halides is 3. The number of fused-ring (bicyclic) bond motifs is 1. The van der Waals surface area contributed by atoms with Crippen molar-refractivity contribution >= 4 is 22.5 Å². The zero-order valence-electron chi connectivity index (χ0n) is 21.2. The van der Waals surface area contributed by atoms with E-state index in [1.807, 2.05) is 43.1 Å². The van der Waals surface area contributed by atoms with Crippen LogP contribution in [0.25, 0.3) is 22.0 Å². The molecule has 38 heavy (non-hydrogen) atoms. The summed E-state index contributed by atoms with van der Waals surface area (Å²) in [7, 11) is 2.00. The first-order valence-corrected chi connectivity index (χ1v) is 12.4. The molecule has 196 valence electrons. The van der Waals surface area contributed by atoms with E-state index in [9.17, 15) is 18.0 Å². The van der Waals surface area contributed by atoms with Gasteiger partial charge in [-0.15, -0.1) is 0 Å². The molecule has 1 amide bonds.